The van der Waals surface area contributed by atoms with Crippen molar-refractivity contribution < 1.29 is 44.9 Å². The van der Waals surface area contributed by atoms with Crippen LogP contribution in [-0.4, -0.2) is 73.9 Å². The minimum absolute atomic E-state index is 0.131. The number of phenolic OH excluding ortho intramolecular Hbond substituents is 2. The number of phenols is 2. The minimum Gasteiger partial charge on any atom is -0.508 e. The van der Waals surface area contributed by atoms with E-state index >= 15 is 0 Å². The summed E-state index contributed by atoms with van der Waals surface area (Å²) in [6.07, 6.45) is -4.93. The summed E-state index contributed by atoms with van der Waals surface area (Å²) in [6, 6.07) is 11.3. The molecule has 0 amide bonds. The van der Waals surface area contributed by atoms with E-state index in [1.807, 2.05) is 30.3 Å². The van der Waals surface area contributed by atoms with Gasteiger partial charge >= 0.3 is 5.97 Å². The van der Waals surface area contributed by atoms with Crippen molar-refractivity contribution in [2.75, 3.05) is 6.61 Å². The molecule has 0 bridgehead atoms. The van der Waals surface area contributed by atoms with E-state index in [0.29, 0.717) is 0 Å². The van der Waals surface area contributed by atoms with Crippen LogP contribution in [0.3, 0.4) is 0 Å². The zero-order chi connectivity index (χ0) is 21.8. The van der Waals surface area contributed by atoms with Gasteiger partial charge in [-0.1, -0.05) is 42.5 Å². The molecule has 6 N–H and O–H groups in total. The summed E-state index contributed by atoms with van der Waals surface area (Å²) in [4.78, 5) is 12.7. The molecule has 0 aliphatic carbocycles. The van der Waals surface area contributed by atoms with Gasteiger partial charge in [0, 0.05) is 6.07 Å². The molecular formula is C21H22O9. The Labute approximate surface area is 171 Å². The molecule has 5 atom stereocenters. The molecule has 0 unspecified atom stereocenters. The number of hydrogen-bond donors (Lipinski definition) is 6. The van der Waals surface area contributed by atoms with Crippen molar-refractivity contribution >= 4 is 18.1 Å². The highest BCUT2D eigenvalue weighted by atomic mass is 16.7. The molecule has 160 valence electrons. The predicted octanol–water partition coefficient (Wildman–Crippen LogP) is 0.225. The first-order chi connectivity index (χ1) is 14.3. The minimum atomic E-state index is -1.78. The third kappa shape index (κ3) is 4.61. The highest BCUT2D eigenvalue weighted by Crippen LogP contribution is 2.31. The van der Waals surface area contributed by atoms with Crippen molar-refractivity contribution in [2.45, 2.75) is 30.7 Å². The molecule has 1 fully saturated rings. The Morgan fingerprint density at radius 2 is 1.70 bits per heavy atom. The van der Waals surface area contributed by atoms with Crippen LogP contribution in [0.25, 0.3) is 12.2 Å². The molecule has 0 radical (unpaired) electrons. The van der Waals surface area contributed by atoms with Crippen LogP contribution in [0, 0.1) is 0 Å². The second-order valence-electron chi connectivity index (χ2n) is 6.78. The molecule has 9 heteroatoms. The molecule has 0 aromatic heterocycles. The van der Waals surface area contributed by atoms with E-state index in [1.165, 1.54) is 12.1 Å². The Bertz CT molecular complexity index is 910. The van der Waals surface area contributed by atoms with Gasteiger partial charge < -0.3 is 40.1 Å². The van der Waals surface area contributed by atoms with Crippen LogP contribution < -0.4 is 0 Å². The smallest absolute Gasteiger partial charge is 0.344 e. The number of aliphatic hydroxyl groups is 4. The zero-order valence-electron chi connectivity index (χ0n) is 15.7. The molecule has 0 saturated carbocycles. The van der Waals surface area contributed by atoms with Crippen LogP contribution in [0.4, 0.5) is 0 Å². The van der Waals surface area contributed by atoms with Crippen LogP contribution in [-0.2, 0) is 9.47 Å². The Morgan fingerprint density at radius 3 is 2.37 bits per heavy atom. The van der Waals surface area contributed by atoms with Gasteiger partial charge in [0.1, 0.15) is 41.5 Å². The van der Waals surface area contributed by atoms with E-state index in [9.17, 15) is 35.4 Å². The number of aromatic hydroxyl groups is 2. The largest absolute Gasteiger partial charge is 0.508 e. The second kappa shape index (κ2) is 9.24. The van der Waals surface area contributed by atoms with E-state index in [4.69, 9.17) is 9.47 Å². The summed E-state index contributed by atoms with van der Waals surface area (Å²) >= 11 is 0. The lowest BCUT2D eigenvalue weighted by Crippen LogP contribution is -2.59. The molecular weight excluding hydrogens is 396 g/mol. The van der Waals surface area contributed by atoms with Gasteiger partial charge in [0.25, 0.3) is 0 Å². The van der Waals surface area contributed by atoms with Gasteiger partial charge in [0.2, 0.25) is 6.29 Å². The number of rotatable bonds is 5. The Kier molecular flexibility index (Phi) is 6.70. The van der Waals surface area contributed by atoms with Crippen LogP contribution in [0.2, 0.25) is 0 Å². The van der Waals surface area contributed by atoms with Crippen LogP contribution in [0.1, 0.15) is 21.5 Å². The lowest BCUT2D eigenvalue weighted by Gasteiger charge is -2.39. The van der Waals surface area contributed by atoms with Gasteiger partial charge in [-0.25, -0.2) is 4.79 Å². The molecule has 1 saturated heterocycles. The van der Waals surface area contributed by atoms with Crippen molar-refractivity contribution in [3.8, 4) is 11.5 Å². The van der Waals surface area contributed by atoms with Gasteiger partial charge in [-0.05, 0) is 17.2 Å². The van der Waals surface area contributed by atoms with Crippen molar-refractivity contribution in [1.82, 2.24) is 0 Å². The normalized spacial score (nSPS) is 26.6. The van der Waals surface area contributed by atoms with Crippen LogP contribution in [0.15, 0.2) is 42.5 Å². The van der Waals surface area contributed by atoms with Gasteiger partial charge in [-0.2, -0.15) is 0 Å². The first-order valence-electron chi connectivity index (χ1n) is 9.12. The Balaban J connectivity index is 1.87. The number of hydrogen-bond acceptors (Lipinski definition) is 9. The van der Waals surface area contributed by atoms with Crippen LogP contribution >= 0.6 is 0 Å². The van der Waals surface area contributed by atoms with E-state index in [1.54, 1.807) is 6.08 Å². The summed E-state index contributed by atoms with van der Waals surface area (Å²) in [5.41, 5.74) is 0.622. The fourth-order valence-electron chi connectivity index (χ4n) is 3.07. The molecule has 2 aromatic carbocycles. The topological polar surface area (TPSA) is 157 Å². The monoisotopic (exact) mass is 418 g/mol. The quantitative estimate of drug-likeness (QED) is 0.295. The number of benzene rings is 2. The lowest BCUT2D eigenvalue weighted by molar-refractivity contribution is -0.285. The lowest BCUT2D eigenvalue weighted by atomic mass is 9.99. The molecule has 1 heterocycles. The molecule has 2 aromatic rings. The maximum Gasteiger partial charge on any atom is 0.344 e. The van der Waals surface area contributed by atoms with E-state index in [2.05, 4.69) is 0 Å². The van der Waals surface area contributed by atoms with E-state index < -0.39 is 49.0 Å². The standard InChI is InChI=1S/C21H22O9/c22-10-15-17(25)18(26)19(27)21(29-15)30-20(28)16-12(8-13(23)9-14(16)24)7-6-11-4-2-1-3-5-11/h1-9,15,17-19,21-27H,10H2/t15-,17+,18+,19+,21-/m0/s1. The average Bonchev–Trinajstić information content (AvgIpc) is 2.72. The van der Waals surface area contributed by atoms with Crippen molar-refractivity contribution in [3.63, 3.8) is 0 Å². The third-order valence-corrected chi connectivity index (χ3v) is 4.66. The molecule has 9 nitrogen and oxygen atoms in total. The molecule has 30 heavy (non-hydrogen) atoms. The number of esters is 1. The van der Waals surface area contributed by atoms with E-state index in [-0.39, 0.29) is 16.9 Å². The summed E-state index contributed by atoms with van der Waals surface area (Å²) in [5.74, 6) is -1.97. The van der Waals surface area contributed by atoms with E-state index in [0.717, 1.165) is 11.6 Å². The van der Waals surface area contributed by atoms with Crippen molar-refractivity contribution in [2.24, 2.45) is 0 Å². The number of aliphatic hydroxyl groups excluding tert-OH is 4. The molecule has 3 rings (SSSR count). The highest BCUT2D eigenvalue weighted by Gasteiger charge is 2.45. The van der Waals surface area contributed by atoms with Gasteiger partial charge in [-0.15, -0.1) is 0 Å². The maximum absolute atomic E-state index is 12.7. The van der Waals surface area contributed by atoms with Crippen molar-refractivity contribution in [3.05, 3.63) is 59.2 Å². The number of carbonyl (C=O) groups excluding carboxylic acids is 1. The Morgan fingerprint density at radius 1 is 1.00 bits per heavy atom. The summed E-state index contributed by atoms with van der Waals surface area (Å²) in [7, 11) is 0. The highest BCUT2D eigenvalue weighted by molar-refractivity contribution is 5.98. The summed E-state index contributed by atoms with van der Waals surface area (Å²) in [6.45, 7) is -0.686. The summed E-state index contributed by atoms with van der Waals surface area (Å²) < 4.78 is 10.2. The molecule has 1 aliphatic heterocycles. The Hall–Kier alpha value is -2.95. The molecule has 0 spiro atoms. The molecule has 1 aliphatic rings. The van der Waals surface area contributed by atoms with Gasteiger partial charge in [0.15, 0.2) is 0 Å². The first kappa shape index (κ1) is 21.8. The van der Waals surface area contributed by atoms with Gasteiger partial charge in [0.05, 0.1) is 6.61 Å². The predicted molar refractivity (Wildman–Crippen MR) is 104 cm³/mol. The number of carbonyl (C=O) groups is 1. The third-order valence-electron chi connectivity index (χ3n) is 4.66. The maximum atomic E-state index is 12.7. The second-order valence-corrected chi connectivity index (χ2v) is 6.78. The van der Waals surface area contributed by atoms with Crippen LogP contribution in [0.5, 0.6) is 11.5 Å². The fraction of sp³-hybridized carbons (Fsp3) is 0.286. The average molecular weight is 418 g/mol. The number of ether oxygens (including phenoxy) is 2. The first-order valence-corrected chi connectivity index (χ1v) is 9.12. The SMILES string of the molecule is O=C(O[C@@H]1O[C@@H](CO)[C@@H](O)[C@@H](O)[C@H]1O)c1c(O)cc(O)cc1C=Cc1ccccc1. The van der Waals surface area contributed by atoms with Gasteiger partial charge in [-0.3, -0.25) is 0 Å². The zero-order valence-corrected chi connectivity index (χ0v) is 15.7. The fourth-order valence-corrected chi connectivity index (χ4v) is 3.07. The summed E-state index contributed by atoms with van der Waals surface area (Å²) in [5, 5.41) is 58.9. The van der Waals surface area contributed by atoms with Crippen molar-refractivity contribution in [1.29, 1.82) is 0 Å².